The summed E-state index contributed by atoms with van der Waals surface area (Å²) in [7, 11) is 0.902. The summed E-state index contributed by atoms with van der Waals surface area (Å²) < 4.78 is 0. The van der Waals surface area contributed by atoms with Gasteiger partial charge in [0.25, 0.3) is 0 Å². The third-order valence-electron chi connectivity index (χ3n) is 2.54. The van der Waals surface area contributed by atoms with Gasteiger partial charge in [0.05, 0.1) is 5.52 Å². The lowest BCUT2D eigenvalue weighted by atomic mass is 9.70. The molecule has 0 aliphatic carbocycles. The van der Waals surface area contributed by atoms with E-state index in [0.29, 0.717) is 12.3 Å². The molecule has 0 unspecified atom stereocenters. The van der Waals surface area contributed by atoms with E-state index < -0.39 is 0 Å². The molecule has 15 heavy (non-hydrogen) atoms. The summed E-state index contributed by atoms with van der Waals surface area (Å²) in [4.78, 5) is 4.32. The smallest absolute Gasteiger partial charge is 0.173 e. The van der Waals surface area contributed by atoms with E-state index in [0.717, 1.165) is 23.7 Å². The van der Waals surface area contributed by atoms with Crippen LogP contribution in [0.2, 0.25) is 0 Å². The molecule has 0 aliphatic heterocycles. The van der Waals surface area contributed by atoms with Gasteiger partial charge < -0.3 is 11.5 Å². The van der Waals surface area contributed by atoms with Crippen molar-refractivity contribution in [2.24, 2.45) is 5.73 Å². The van der Waals surface area contributed by atoms with Crippen molar-refractivity contribution in [1.82, 2.24) is 4.98 Å². The molecule has 0 aliphatic rings. The standard InChI is InChI=1S/C11H14BN3/c1-7-4-8-5-9(12-6-13)2-3-10(8)15-11(7)14/h2-5,12H,6,13H2,1H3,(H2,14,15). The van der Waals surface area contributed by atoms with Crippen LogP contribution in [0, 0.1) is 6.92 Å². The van der Waals surface area contributed by atoms with Gasteiger partial charge in [0, 0.05) is 5.39 Å². The van der Waals surface area contributed by atoms with Gasteiger partial charge >= 0.3 is 0 Å². The second kappa shape index (κ2) is 3.91. The maximum atomic E-state index is 5.75. The van der Waals surface area contributed by atoms with Gasteiger partial charge in [0.2, 0.25) is 0 Å². The number of hydrogen-bond donors (Lipinski definition) is 2. The van der Waals surface area contributed by atoms with Crippen molar-refractivity contribution in [1.29, 1.82) is 0 Å². The molecule has 4 N–H and O–H groups in total. The molecule has 1 heterocycles. The monoisotopic (exact) mass is 199 g/mol. The molecule has 0 spiro atoms. The second-order valence-corrected chi connectivity index (χ2v) is 3.76. The predicted molar refractivity (Wildman–Crippen MR) is 66.7 cm³/mol. The maximum Gasteiger partial charge on any atom is 0.173 e. The van der Waals surface area contributed by atoms with Crippen molar-refractivity contribution in [3.05, 3.63) is 29.8 Å². The fourth-order valence-corrected chi connectivity index (χ4v) is 1.67. The minimum atomic E-state index is 0.606. The number of nitrogens with two attached hydrogens (primary N) is 2. The van der Waals surface area contributed by atoms with Crippen molar-refractivity contribution in [2.75, 3.05) is 12.2 Å². The number of hydrogen-bond acceptors (Lipinski definition) is 3. The fraction of sp³-hybridized carbons (Fsp3) is 0.182. The maximum absolute atomic E-state index is 5.75. The van der Waals surface area contributed by atoms with Gasteiger partial charge in [0.15, 0.2) is 7.28 Å². The molecule has 0 amide bonds. The zero-order valence-corrected chi connectivity index (χ0v) is 8.83. The third-order valence-corrected chi connectivity index (χ3v) is 2.54. The van der Waals surface area contributed by atoms with Crippen LogP contribution in [0.15, 0.2) is 24.3 Å². The first-order valence-electron chi connectivity index (χ1n) is 5.06. The van der Waals surface area contributed by atoms with E-state index in [1.165, 1.54) is 5.46 Å². The summed E-state index contributed by atoms with van der Waals surface area (Å²) in [6.45, 7) is 1.97. The minimum Gasteiger partial charge on any atom is -0.383 e. The summed E-state index contributed by atoms with van der Waals surface area (Å²) >= 11 is 0. The Labute approximate surface area is 89.7 Å². The molecule has 2 aromatic rings. The Balaban J connectivity index is 2.56. The zero-order valence-electron chi connectivity index (χ0n) is 8.83. The van der Waals surface area contributed by atoms with Crippen molar-refractivity contribution in [3.63, 3.8) is 0 Å². The number of pyridine rings is 1. The normalized spacial score (nSPS) is 10.5. The fourth-order valence-electron chi connectivity index (χ4n) is 1.67. The van der Waals surface area contributed by atoms with Crippen molar-refractivity contribution in [2.45, 2.75) is 6.92 Å². The molecule has 0 bridgehead atoms. The lowest BCUT2D eigenvalue weighted by molar-refractivity contribution is 1.34. The van der Waals surface area contributed by atoms with Crippen LogP contribution in [0.25, 0.3) is 10.9 Å². The molecular formula is C11H14BN3. The summed E-state index contributed by atoms with van der Waals surface area (Å²) in [5.41, 5.74) is 14.5. The number of anilines is 1. The topological polar surface area (TPSA) is 64.9 Å². The Morgan fingerprint density at radius 2 is 2.13 bits per heavy atom. The first-order valence-corrected chi connectivity index (χ1v) is 5.06. The Morgan fingerprint density at radius 3 is 2.87 bits per heavy atom. The Bertz CT molecular complexity index is 496. The quantitative estimate of drug-likeness (QED) is 0.674. The van der Waals surface area contributed by atoms with Gasteiger partial charge in [-0.15, -0.1) is 0 Å². The Morgan fingerprint density at radius 1 is 1.33 bits per heavy atom. The molecule has 0 fully saturated rings. The minimum absolute atomic E-state index is 0.606. The first-order chi connectivity index (χ1) is 7.20. The van der Waals surface area contributed by atoms with Crippen LogP contribution in [0.4, 0.5) is 5.82 Å². The van der Waals surface area contributed by atoms with Gasteiger partial charge in [-0.25, -0.2) is 4.98 Å². The molecule has 0 saturated heterocycles. The third kappa shape index (κ3) is 1.95. The van der Waals surface area contributed by atoms with Gasteiger partial charge in [0.1, 0.15) is 5.82 Å². The molecule has 4 heteroatoms. The largest absolute Gasteiger partial charge is 0.383 e. The van der Waals surface area contributed by atoms with E-state index in [4.69, 9.17) is 11.5 Å². The highest BCUT2D eigenvalue weighted by Crippen LogP contribution is 2.16. The number of rotatable bonds is 2. The molecule has 0 saturated carbocycles. The van der Waals surface area contributed by atoms with Crippen LogP contribution in [0.3, 0.4) is 0 Å². The second-order valence-electron chi connectivity index (χ2n) is 3.76. The van der Waals surface area contributed by atoms with E-state index in [9.17, 15) is 0 Å². The molecule has 0 atom stereocenters. The van der Waals surface area contributed by atoms with Crippen molar-refractivity contribution < 1.29 is 0 Å². The first kappa shape index (κ1) is 9.99. The SMILES string of the molecule is Cc1cc2cc(BCN)ccc2nc1N. The lowest BCUT2D eigenvalue weighted by Gasteiger charge is -2.04. The van der Waals surface area contributed by atoms with Crippen LogP contribution in [0.1, 0.15) is 5.56 Å². The highest BCUT2D eigenvalue weighted by Gasteiger charge is 2.01. The predicted octanol–water partition coefficient (Wildman–Crippen LogP) is 0.103. The number of fused-ring (bicyclic) bond motifs is 1. The van der Waals surface area contributed by atoms with Crippen LogP contribution < -0.4 is 16.9 Å². The van der Waals surface area contributed by atoms with Crippen LogP contribution in [0.5, 0.6) is 0 Å². The molecular weight excluding hydrogens is 185 g/mol. The summed E-state index contributed by atoms with van der Waals surface area (Å²) in [5, 5.41) is 1.13. The van der Waals surface area contributed by atoms with E-state index in [-0.39, 0.29) is 0 Å². The highest BCUT2D eigenvalue weighted by atomic mass is 14.8. The van der Waals surface area contributed by atoms with Crippen molar-refractivity contribution >= 4 is 29.5 Å². The van der Waals surface area contributed by atoms with Crippen molar-refractivity contribution in [3.8, 4) is 0 Å². The van der Waals surface area contributed by atoms with E-state index in [2.05, 4.69) is 23.2 Å². The van der Waals surface area contributed by atoms with E-state index in [1.54, 1.807) is 0 Å². The summed E-state index contributed by atoms with van der Waals surface area (Å²) in [5.74, 6) is 0.606. The van der Waals surface area contributed by atoms with Gasteiger partial charge in [-0.05, 0) is 31.1 Å². The molecule has 0 radical (unpaired) electrons. The molecule has 1 aromatic heterocycles. The number of aromatic nitrogens is 1. The summed E-state index contributed by atoms with van der Waals surface area (Å²) in [6.07, 6.45) is 0.674. The van der Waals surface area contributed by atoms with Gasteiger partial charge in [-0.2, -0.15) is 0 Å². The zero-order chi connectivity index (χ0) is 10.8. The molecule has 2 rings (SSSR count). The molecule has 1 aromatic carbocycles. The molecule has 3 nitrogen and oxygen atoms in total. The van der Waals surface area contributed by atoms with Gasteiger partial charge in [-0.1, -0.05) is 17.6 Å². The average Bonchev–Trinajstić information content (AvgIpc) is 2.21. The van der Waals surface area contributed by atoms with Gasteiger partial charge in [-0.3, -0.25) is 0 Å². The molecule has 76 valence electrons. The van der Waals surface area contributed by atoms with E-state index >= 15 is 0 Å². The number of nitrogens with zero attached hydrogens (tertiary/aromatic N) is 1. The van der Waals surface area contributed by atoms with E-state index in [1.807, 2.05) is 13.0 Å². The Hall–Kier alpha value is -1.55. The Kier molecular flexibility index (Phi) is 2.60. The van der Waals surface area contributed by atoms with Crippen LogP contribution >= 0.6 is 0 Å². The van der Waals surface area contributed by atoms with Crippen LogP contribution in [-0.2, 0) is 0 Å². The highest BCUT2D eigenvalue weighted by molar-refractivity contribution is 6.53. The number of aryl methyl sites for hydroxylation is 1. The number of nitrogen functional groups attached to an aromatic ring is 1. The van der Waals surface area contributed by atoms with Crippen LogP contribution in [-0.4, -0.2) is 18.7 Å². The average molecular weight is 199 g/mol. The number of benzene rings is 1. The lowest BCUT2D eigenvalue weighted by Crippen LogP contribution is -2.22. The summed E-state index contributed by atoms with van der Waals surface area (Å²) in [6, 6.07) is 8.24.